The smallest absolute Gasteiger partial charge is 0.315 e. The summed E-state index contributed by atoms with van der Waals surface area (Å²) in [4.78, 5) is 17.5. The van der Waals surface area contributed by atoms with Crippen molar-refractivity contribution in [3.05, 3.63) is 48.3 Å². The number of carbonyl (C=O) groups is 1. The highest BCUT2D eigenvalue weighted by molar-refractivity contribution is 5.72. The number of aromatic nitrogens is 1. The molecule has 1 saturated heterocycles. The van der Waals surface area contributed by atoms with Gasteiger partial charge in [-0.1, -0.05) is 0 Å². The van der Waals surface area contributed by atoms with Crippen molar-refractivity contribution in [2.75, 3.05) is 12.3 Å². The number of primary amides is 1. The number of rotatable bonds is 3. The first-order valence-corrected chi connectivity index (χ1v) is 7.19. The summed E-state index contributed by atoms with van der Waals surface area (Å²) in [7, 11) is 0. The number of carbonyl (C=O) groups excluding carboxylic acids is 1. The molecule has 0 spiro atoms. The molecule has 1 aliphatic rings. The van der Waals surface area contributed by atoms with Crippen LogP contribution in [-0.2, 0) is 0 Å². The maximum Gasteiger partial charge on any atom is 0.315 e. The number of urea groups is 1. The number of likely N-dealkylation sites (tertiary alicyclic amines) is 1. The van der Waals surface area contributed by atoms with E-state index in [4.69, 9.17) is 16.2 Å². The van der Waals surface area contributed by atoms with E-state index in [1.165, 1.54) is 0 Å². The number of anilines is 1. The molecule has 0 saturated carbocycles. The normalized spacial score (nSPS) is 17.5. The maximum atomic E-state index is 11.5. The van der Waals surface area contributed by atoms with E-state index in [1.807, 2.05) is 6.07 Å². The molecule has 1 aromatic carbocycles. The van der Waals surface area contributed by atoms with Crippen molar-refractivity contribution in [1.29, 1.82) is 0 Å². The van der Waals surface area contributed by atoms with Crippen molar-refractivity contribution < 1.29 is 9.53 Å². The van der Waals surface area contributed by atoms with Crippen molar-refractivity contribution in [2.24, 2.45) is 5.73 Å². The van der Waals surface area contributed by atoms with Crippen LogP contribution in [0.25, 0.3) is 0 Å². The van der Waals surface area contributed by atoms with Crippen LogP contribution in [0.4, 0.5) is 10.5 Å². The summed E-state index contributed by atoms with van der Waals surface area (Å²) >= 11 is 0. The third-order valence-electron chi connectivity index (χ3n) is 3.75. The topological polar surface area (TPSA) is 94.5 Å². The van der Waals surface area contributed by atoms with Crippen LogP contribution >= 0.6 is 0 Å². The van der Waals surface area contributed by atoms with Crippen LogP contribution in [0.2, 0.25) is 0 Å². The molecule has 1 fully saturated rings. The standard InChI is InChI=1S/C16H18N4O2/c17-11-3-5-12(6-4-11)22-13-7-8-19-14(10-13)15-2-1-9-20(15)16(18)21/h3-8,10,15H,1-2,9,17H2,(H2,18,21). The molecule has 114 valence electrons. The zero-order valence-corrected chi connectivity index (χ0v) is 12.1. The first-order valence-electron chi connectivity index (χ1n) is 7.19. The van der Waals surface area contributed by atoms with Gasteiger partial charge in [0.05, 0.1) is 11.7 Å². The van der Waals surface area contributed by atoms with Gasteiger partial charge in [-0.25, -0.2) is 4.79 Å². The first kappa shape index (κ1) is 14.2. The van der Waals surface area contributed by atoms with E-state index in [1.54, 1.807) is 41.4 Å². The number of nitrogens with zero attached hydrogens (tertiary/aromatic N) is 2. The number of nitrogens with two attached hydrogens (primary N) is 2. The molecule has 6 heteroatoms. The Morgan fingerprint density at radius 3 is 2.73 bits per heavy atom. The lowest BCUT2D eigenvalue weighted by atomic mass is 10.1. The average Bonchev–Trinajstić information content (AvgIpc) is 3.00. The summed E-state index contributed by atoms with van der Waals surface area (Å²) in [5.41, 5.74) is 12.6. The van der Waals surface area contributed by atoms with Crippen LogP contribution in [0.1, 0.15) is 24.6 Å². The molecule has 2 amide bonds. The first-order chi connectivity index (χ1) is 10.6. The van der Waals surface area contributed by atoms with E-state index >= 15 is 0 Å². The lowest BCUT2D eigenvalue weighted by Gasteiger charge is -2.22. The van der Waals surface area contributed by atoms with E-state index in [-0.39, 0.29) is 6.04 Å². The average molecular weight is 298 g/mol. The monoisotopic (exact) mass is 298 g/mol. The van der Waals surface area contributed by atoms with Crippen LogP contribution < -0.4 is 16.2 Å². The maximum absolute atomic E-state index is 11.5. The molecule has 0 bridgehead atoms. The Kier molecular flexibility index (Phi) is 3.82. The van der Waals surface area contributed by atoms with Gasteiger partial charge in [0.15, 0.2) is 0 Å². The fraction of sp³-hybridized carbons (Fsp3) is 0.250. The highest BCUT2D eigenvalue weighted by Gasteiger charge is 2.29. The van der Waals surface area contributed by atoms with Crippen LogP contribution in [0.5, 0.6) is 11.5 Å². The number of hydrogen-bond donors (Lipinski definition) is 2. The second-order valence-electron chi connectivity index (χ2n) is 5.28. The minimum atomic E-state index is -0.408. The minimum absolute atomic E-state index is 0.0764. The summed E-state index contributed by atoms with van der Waals surface area (Å²) < 4.78 is 5.80. The molecule has 4 N–H and O–H groups in total. The molecule has 2 heterocycles. The molecule has 6 nitrogen and oxygen atoms in total. The Labute approximate surface area is 128 Å². The molecule has 1 atom stereocenters. The van der Waals surface area contributed by atoms with E-state index in [0.717, 1.165) is 18.5 Å². The third-order valence-corrected chi connectivity index (χ3v) is 3.75. The van der Waals surface area contributed by atoms with Crippen molar-refractivity contribution in [1.82, 2.24) is 9.88 Å². The Morgan fingerprint density at radius 1 is 1.23 bits per heavy atom. The van der Waals surface area contributed by atoms with Gasteiger partial charge in [0.2, 0.25) is 0 Å². The second-order valence-corrected chi connectivity index (χ2v) is 5.28. The van der Waals surface area contributed by atoms with Gasteiger partial charge in [-0.05, 0) is 43.2 Å². The fourth-order valence-electron chi connectivity index (χ4n) is 2.68. The lowest BCUT2D eigenvalue weighted by Crippen LogP contribution is -2.35. The molecule has 22 heavy (non-hydrogen) atoms. The Bertz CT molecular complexity index is 672. The number of hydrogen-bond acceptors (Lipinski definition) is 4. The molecule has 1 aromatic heterocycles. The molecule has 2 aromatic rings. The molecule has 3 rings (SSSR count). The number of benzene rings is 1. The van der Waals surface area contributed by atoms with Crippen molar-refractivity contribution >= 4 is 11.7 Å². The Morgan fingerprint density at radius 2 is 2.00 bits per heavy atom. The molecular formula is C16H18N4O2. The molecule has 0 aliphatic carbocycles. The predicted molar refractivity (Wildman–Crippen MR) is 83.4 cm³/mol. The fourth-order valence-corrected chi connectivity index (χ4v) is 2.68. The third kappa shape index (κ3) is 2.95. The van der Waals surface area contributed by atoms with E-state index in [2.05, 4.69) is 4.98 Å². The van der Waals surface area contributed by atoms with Gasteiger partial charge < -0.3 is 21.1 Å². The molecule has 1 unspecified atom stereocenters. The van der Waals surface area contributed by atoms with Crippen molar-refractivity contribution in [3.63, 3.8) is 0 Å². The Hall–Kier alpha value is -2.76. The highest BCUT2D eigenvalue weighted by atomic mass is 16.5. The van der Waals surface area contributed by atoms with Gasteiger partial charge in [-0.2, -0.15) is 0 Å². The molecular weight excluding hydrogens is 280 g/mol. The van der Waals surface area contributed by atoms with Gasteiger partial charge in [0, 0.05) is 24.5 Å². The summed E-state index contributed by atoms with van der Waals surface area (Å²) in [6, 6.07) is 10.3. The van der Waals surface area contributed by atoms with Crippen LogP contribution in [0.3, 0.4) is 0 Å². The zero-order valence-electron chi connectivity index (χ0n) is 12.1. The van der Waals surface area contributed by atoms with Crippen LogP contribution in [0.15, 0.2) is 42.6 Å². The van der Waals surface area contributed by atoms with Gasteiger partial charge in [-0.3, -0.25) is 4.98 Å². The number of amides is 2. The van der Waals surface area contributed by atoms with E-state index in [9.17, 15) is 4.79 Å². The van der Waals surface area contributed by atoms with Gasteiger partial charge in [0.1, 0.15) is 11.5 Å². The SMILES string of the molecule is NC(=O)N1CCCC1c1cc(Oc2ccc(N)cc2)ccn1. The summed E-state index contributed by atoms with van der Waals surface area (Å²) in [6.45, 7) is 0.671. The summed E-state index contributed by atoms with van der Waals surface area (Å²) in [5.74, 6) is 1.37. The van der Waals surface area contributed by atoms with Crippen molar-refractivity contribution in [2.45, 2.75) is 18.9 Å². The second kappa shape index (κ2) is 5.93. The van der Waals surface area contributed by atoms with Gasteiger partial charge >= 0.3 is 6.03 Å². The van der Waals surface area contributed by atoms with Crippen LogP contribution in [0, 0.1) is 0 Å². The summed E-state index contributed by atoms with van der Waals surface area (Å²) in [5, 5.41) is 0. The largest absolute Gasteiger partial charge is 0.457 e. The van der Waals surface area contributed by atoms with Gasteiger partial charge in [0.25, 0.3) is 0 Å². The summed E-state index contributed by atoms with van der Waals surface area (Å²) in [6.07, 6.45) is 3.47. The predicted octanol–water partition coefficient (Wildman–Crippen LogP) is 2.67. The lowest BCUT2D eigenvalue weighted by molar-refractivity contribution is 0.202. The zero-order chi connectivity index (χ0) is 15.5. The minimum Gasteiger partial charge on any atom is -0.457 e. The number of pyridine rings is 1. The van der Waals surface area contributed by atoms with E-state index < -0.39 is 6.03 Å². The Balaban J connectivity index is 1.80. The van der Waals surface area contributed by atoms with E-state index in [0.29, 0.717) is 23.7 Å². The highest BCUT2D eigenvalue weighted by Crippen LogP contribution is 2.32. The number of nitrogen functional groups attached to an aromatic ring is 1. The number of ether oxygens (including phenoxy) is 1. The van der Waals surface area contributed by atoms with Crippen molar-refractivity contribution in [3.8, 4) is 11.5 Å². The molecule has 1 aliphatic heterocycles. The molecule has 0 radical (unpaired) electrons. The quantitative estimate of drug-likeness (QED) is 0.852. The van der Waals surface area contributed by atoms with Gasteiger partial charge in [-0.15, -0.1) is 0 Å². The van der Waals surface area contributed by atoms with Crippen LogP contribution in [-0.4, -0.2) is 22.5 Å².